The average molecular weight is 620 g/mol. The summed E-state index contributed by atoms with van der Waals surface area (Å²) < 4.78 is 31.6. The fraction of sp³-hybridized carbons (Fsp3) is 0.258. The molecule has 0 atom stereocenters. The minimum atomic E-state index is -3.79. The highest BCUT2D eigenvalue weighted by molar-refractivity contribution is 7.92. The Morgan fingerprint density at radius 2 is 1.81 bits per heavy atom. The number of fused-ring (bicyclic) bond motifs is 2. The fourth-order valence-electron chi connectivity index (χ4n) is 5.39. The first-order valence-corrected chi connectivity index (χ1v) is 16.4. The number of hydrogen-bond donors (Lipinski definition) is 0. The van der Waals surface area contributed by atoms with E-state index in [0.717, 1.165) is 45.6 Å². The van der Waals surface area contributed by atoms with Gasteiger partial charge in [0, 0.05) is 29.4 Å². The van der Waals surface area contributed by atoms with Gasteiger partial charge in [-0.05, 0) is 93.3 Å². The molecule has 42 heavy (non-hydrogen) atoms. The number of halogens is 1. The van der Waals surface area contributed by atoms with Gasteiger partial charge in [-0.25, -0.2) is 13.4 Å². The van der Waals surface area contributed by atoms with Gasteiger partial charge >= 0.3 is 0 Å². The molecule has 0 spiro atoms. The lowest BCUT2D eigenvalue weighted by Crippen LogP contribution is -2.36. The Hall–Kier alpha value is -3.73. The molecular weight excluding hydrogens is 590 g/mol. The molecule has 1 aliphatic rings. The second-order valence-electron chi connectivity index (χ2n) is 10.5. The Kier molecular flexibility index (Phi) is 7.55. The molecule has 5 aromatic rings. The normalized spacial score (nSPS) is 13.4. The van der Waals surface area contributed by atoms with Crippen LogP contribution >= 0.6 is 22.9 Å². The molecule has 11 heteroatoms. The standard InChI is InChI=1S/C31H30ClN5O3S2/c1-20-19-21(2)36(34-20)18-17-35(31-33-29-22(3)26(32)14-15-28(29)41-31)30(38)24-10-12-25(13-11-24)42(39,40)37-16-6-8-23-7-4-5-9-27(23)37/h4-5,7,9-15,19H,6,8,16-18H2,1-3H3. The zero-order valence-electron chi connectivity index (χ0n) is 23.5. The topological polar surface area (TPSA) is 88.4 Å². The Labute approximate surface area is 254 Å². The number of anilines is 2. The summed E-state index contributed by atoms with van der Waals surface area (Å²) in [6.45, 7) is 7.05. The molecule has 1 amide bonds. The van der Waals surface area contributed by atoms with Gasteiger partial charge in [-0.3, -0.25) is 18.7 Å². The summed E-state index contributed by atoms with van der Waals surface area (Å²) in [6.07, 6.45) is 1.60. The van der Waals surface area contributed by atoms with Crippen molar-refractivity contribution in [1.29, 1.82) is 0 Å². The first-order chi connectivity index (χ1) is 20.1. The van der Waals surface area contributed by atoms with Crippen molar-refractivity contribution in [2.75, 3.05) is 22.3 Å². The van der Waals surface area contributed by atoms with Crippen molar-refractivity contribution in [3.05, 3.63) is 99.8 Å². The summed E-state index contributed by atoms with van der Waals surface area (Å²) in [6, 6.07) is 19.5. The van der Waals surface area contributed by atoms with Gasteiger partial charge in [-0.1, -0.05) is 41.1 Å². The number of thiazole rings is 1. The molecule has 0 radical (unpaired) electrons. The zero-order valence-corrected chi connectivity index (χ0v) is 25.9. The molecule has 8 nitrogen and oxygen atoms in total. The maximum atomic E-state index is 14.0. The monoisotopic (exact) mass is 619 g/mol. The lowest BCUT2D eigenvalue weighted by atomic mass is 10.0. The van der Waals surface area contributed by atoms with E-state index in [1.165, 1.54) is 27.8 Å². The minimum absolute atomic E-state index is 0.148. The molecule has 1 aliphatic heterocycles. The molecule has 0 bridgehead atoms. The first kappa shape index (κ1) is 28.4. The third kappa shape index (κ3) is 5.19. The number of aromatic nitrogens is 3. The van der Waals surface area contributed by atoms with Gasteiger partial charge in [0.05, 0.1) is 33.0 Å². The number of benzene rings is 3. The minimum Gasteiger partial charge on any atom is -0.282 e. The van der Waals surface area contributed by atoms with Crippen LogP contribution in [0.2, 0.25) is 5.02 Å². The molecular formula is C31H30ClN5O3S2. The molecule has 3 aromatic carbocycles. The van der Waals surface area contributed by atoms with Gasteiger partial charge in [-0.15, -0.1) is 0 Å². The molecule has 0 aliphatic carbocycles. The Morgan fingerprint density at radius 3 is 2.55 bits per heavy atom. The number of nitrogens with zero attached hydrogens (tertiary/aromatic N) is 5. The van der Waals surface area contributed by atoms with E-state index < -0.39 is 10.0 Å². The number of hydrogen-bond acceptors (Lipinski definition) is 6. The van der Waals surface area contributed by atoms with Crippen molar-refractivity contribution in [2.24, 2.45) is 0 Å². The molecule has 2 aromatic heterocycles. The lowest BCUT2D eigenvalue weighted by Gasteiger charge is -2.30. The second kappa shape index (κ2) is 11.2. The first-order valence-electron chi connectivity index (χ1n) is 13.7. The summed E-state index contributed by atoms with van der Waals surface area (Å²) in [7, 11) is -3.79. The van der Waals surface area contributed by atoms with Crippen molar-refractivity contribution in [1.82, 2.24) is 14.8 Å². The summed E-state index contributed by atoms with van der Waals surface area (Å²) >= 11 is 7.77. The van der Waals surface area contributed by atoms with Crippen LogP contribution in [0.25, 0.3) is 10.2 Å². The van der Waals surface area contributed by atoms with Crippen LogP contribution in [-0.2, 0) is 23.0 Å². The molecule has 6 rings (SSSR count). The molecule has 216 valence electrons. The predicted octanol–water partition coefficient (Wildman–Crippen LogP) is 6.56. The van der Waals surface area contributed by atoms with Gasteiger partial charge in [0.25, 0.3) is 15.9 Å². The maximum Gasteiger partial charge on any atom is 0.264 e. The summed E-state index contributed by atoms with van der Waals surface area (Å²) in [5, 5.41) is 5.71. The Bertz CT molecular complexity index is 1910. The largest absolute Gasteiger partial charge is 0.282 e. The van der Waals surface area contributed by atoms with E-state index in [0.29, 0.717) is 41.0 Å². The van der Waals surface area contributed by atoms with Crippen molar-refractivity contribution >= 4 is 59.9 Å². The van der Waals surface area contributed by atoms with Crippen LogP contribution in [0.3, 0.4) is 0 Å². The molecule has 0 N–H and O–H groups in total. The Balaban J connectivity index is 1.32. The van der Waals surface area contributed by atoms with E-state index in [2.05, 4.69) is 5.10 Å². The molecule has 0 saturated heterocycles. The van der Waals surface area contributed by atoms with Crippen LogP contribution in [0, 0.1) is 20.8 Å². The predicted molar refractivity (Wildman–Crippen MR) is 168 cm³/mol. The average Bonchev–Trinajstić information content (AvgIpc) is 3.57. The second-order valence-corrected chi connectivity index (χ2v) is 13.7. The molecule has 3 heterocycles. The number of para-hydroxylation sites is 1. The number of aryl methyl sites for hydroxylation is 4. The number of sulfonamides is 1. The van der Waals surface area contributed by atoms with Crippen LogP contribution in [0.1, 0.15) is 39.3 Å². The fourth-order valence-corrected chi connectivity index (χ4v) is 8.13. The van der Waals surface area contributed by atoms with Crippen LogP contribution in [0.5, 0.6) is 0 Å². The smallest absolute Gasteiger partial charge is 0.264 e. The number of amides is 1. The summed E-state index contributed by atoms with van der Waals surface area (Å²) in [5.41, 5.74) is 5.63. The highest BCUT2D eigenvalue weighted by Crippen LogP contribution is 2.35. The van der Waals surface area contributed by atoms with E-state index in [9.17, 15) is 13.2 Å². The van der Waals surface area contributed by atoms with Crippen LogP contribution in [0.4, 0.5) is 10.8 Å². The number of carbonyl (C=O) groups is 1. The lowest BCUT2D eigenvalue weighted by molar-refractivity contribution is 0.0985. The van der Waals surface area contributed by atoms with Gasteiger partial charge in [0.1, 0.15) is 0 Å². The van der Waals surface area contributed by atoms with Crippen molar-refractivity contribution in [3.63, 3.8) is 0 Å². The third-order valence-corrected chi connectivity index (χ3v) is 10.9. The number of rotatable bonds is 7. The molecule has 0 fully saturated rings. The van der Waals surface area contributed by atoms with E-state index in [-0.39, 0.29) is 10.8 Å². The van der Waals surface area contributed by atoms with Gasteiger partial charge < -0.3 is 0 Å². The van der Waals surface area contributed by atoms with E-state index in [4.69, 9.17) is 16.6 Å². The van der Waals surface area contributed by atoms with Crippen molar-refractivity contribution < 1.29 is 13.2 Å². The van der Waals surface area contributed by atoms with Crippen LogP contribution in [0.15, 0.2) is 71.6 Å². The molecule has 0 unspecified atom stereocenters. The third-order valence-electron chi connectivity index (χ3n) is 7.61. The van der Waals surface area contributed by atoms with Crippen LogP contribution < -0.4 is 9.21 Å². The van der Waals surface area contributed by atoms with Gasteiger partial charge in [0.2, 0.25) is 0 Å². The Morgan fingerprint density at radius 1 is 1.05 bits per heavy atom. The summed E-state index contributed by atoms with van der Waals surface area (Å²) in [4.78, 5) is 20.6. The SMILES string of the molecule is Cc1cc(C)n(CCN(C(=O)c2ccc(S(=O)(=O)N3CCCc4ccccc43)cc2)c2nc3c(C)c(Cl)ccc3s2)n1. The maximum absolute atomic E-state index is 14.0. The van der Waals surface area contributed by atoms with E-state index in [1.54, 1.807) is 17.0 Å². The van der Waals surface area contributed by atoms with Crippen molar-refractivity contribution in [3.8, 4) is 0 Å². The highest BCUT2D eigenvalue weighted by Gasteiger charge is 2.29. The zero-order chi connectivity index (χ0) is 29.6. The van der Waals surface area contributed by atoms with Crippen LogP contribution in [-0.4, -0.2) is 42.2 Å². The van der Waals surface area contributed by atoms with Gasteiger partial charge in [0.15, 0.2) is 5.13 Å². The number of carbonyl (C=O) groups excluding carboxylic acids is 1. The summed E-state index contributed by atoms with van der Waals surface area (Å²) in [5.74, 6) is -0.272. The highest BCUT2D eigenvalue weighted by atomic mass is 35.5. The van der Waals surface area contributed by atoms with Gasteiger partial charge in [-0.2, -0.15) is 5.10 Å². The van der Waals surface area contributed by atoms with Crippen molar-refractivity contribution in [2.45, 2.75) is 45.1 Å². The van der Waals surface area contributed by atoms with E-state index >= 15 is 0 Å². The molecule has 0 saturated carbocycles. The quantitative estimate of drug-likeness (QED) is 0.206. The van der Waals surface area contributed by atoms with E-state index in [1.807, 2.05) is 67.9 Å².